The fraction of sp³-hybridized carbons (Fsp3) is 0.450. The second kappa shape index (κ2) is 9.57. The van der Waals surface area contributed by atoms with Crippen molar-refractivity contribution in [3.05, 3.63) is 34.4 Å². The summed E-state index contributed by atoms with van der Waals surface area (Å²) in [5.41, 5.74) is 1.84. The van der Waals surface area contributed by atoms with Crippen LogP contribution in [0, 0.1) is 11.8 Å². The molecule has 0 fully saturated rings. The van der Waals surface area contributed by atoms with Gasteiger partial charge in [-0.1, -0.05) is 44.4 Å². The monoisotopic (exact) mass is 373 g/mol. The highest BCUT2D eigenvalue weighted by Crippen LogP contribution is 2.29. The highest BCUT2D eigenvalue weighted by atomic mass is 79.9. The molecule has 2 rings (SSSR count). The molecule has 0 aliphatic heterocycles. The van der Waals surface area contributed by atoms with E-state index in [1.165, 1.54) is 25.7 Å². The van der Waals surface area contributed by atoms with Gasteiger partial charge in [-0.3, -0.25) is 4.79 Å². The summed E-state index contributed by atoms with van der Waals surface area (Å²) >= 11 is 3.57. The van der Waals surface area contributed by atoms with Gasteiger partial charge in [0.15, 0.2) is 6.29 Å². The number of rotatable bonds is 8. The van der Waals surface area contributed by atoms with Crippen molar-refractivity contribution < 1.29 is 4.79 Å². The summed E-state index contributed by atoms with van der Waals surface area (Å²) in [5.74, 6) is 6.54. The van der Waals surface area contributed by atoms with E-state index in [4.69, 9.17) is 0 Å². The number of carbonyl (C=O) groups is 1. The zero-order valence-electron chi connectivity index (χ0n) is 13.8. The molecule has 2 aromatic rings. The van der Waals surface area contributed by atoms with Crippen LogP contribution in [0.2, 0.25) is 0 Å². The molecule has 0 radical (unpaired) electrons. The minimum absolute atomic E-state index is 0.739. The van der Waals surface area contributed by atoms with Gasteiger partial charge in [-0.25, -0.2) is 0 Å². The van der Waals surface area contributed by atoms with Crippen LogP contribution in [0.1, 0.15) is 62.2 Å². The molecule has 2 nitrogen and oxygen atoms in total. The fourth-order valence-electron chi connectivity index (χ4n) is 2.77. The summed E-state index contributed by atoms with van der Waals surface area (Å²) in [4.78, 5) is 11.3. The van der Waals surface area contributed by atoms with Crippen molar-refractivity contribution in [2.24, 2.45) is 0 Å². The van der Waals surface area contributed by atoms with Gasteiger partial charge in [0.2, 0.25) is 0 Å². The van der Waals surface area contributed by atoms with E-state index in [1.807, 2.05) is 18.2 Å². The molecular formula is C20H24BrNO. The van der Waals surface area contributed by atoms with Gasteiger partial charge < -0.3 is 4.57 Å². The Morgan fingerprint density at radius 2 is 1.83 bits per heavy atom. The van der Waals surface area contributed by atoms with Gasteiger partial charge in [-0.2, -0.15) is 0 Å². The zero-order chi connectivity index (χ0) is 16.5. The van der Waals surface area contributed by atoms with Crippen LogP contribution in [0.15, 0.2) is 28.9 Å². The molecule has 0 bridgehead atoms. The van der Waals surface area contributed by atoms with Crippen molar-refractivity contribution in [1.29, 1.82) is 0 Å². The van der Waals surface area contributed by atoms with Gasteiger partial charge in [0.05, 0.1) is 10.2 Å². The smallest absolute Gasteiger partial charge is 0.153 e. The van der Waals surface area contributed by atoms with Crippen molar-refractivity contribution in [3.8, 4) is 11.8 Å². The topological polar surface area (TPSA) is 22.0 Å². The number of unbranched alkanes of at least 4 members (excludes halogenated alkanes) is 5. The van der Waals surface area contributed by atoms with Crippen LogP contribution in [-0.4, -0.2) is 10.9 Å². The zero-order valence-corrected chi connectivity index (χ0v) is 15.4. The molecule has 0 aliphatic carbocycles. The average Bonchev–Trinajstić information content (AvgIpc) is 2.84. The highest BCUT2D eigenvalue weighted by molar-refractivity contribution is 9.10. The number of nitrogens with zero attached hydrogens (tertiary/aromatic N) is 1. The number of para-hydroxylation sites is 1. The third-order valence-electron chi connectivity index (χ3n) is 4.03. The Balaban J connectivity index is 1.89. The minimum Gasteiger partial charge on any atom is -0.335 e. The number of hydrogen-bond donors (Lipinski definition) is 0. The standard InChI is InChI=1S/C20H24BrNO/c1-2-3-4-5-6-7-8-9-12-15-22-19-14-11-10-13-17(19)18(16-23)20(22)21/h10-11,13-14,16H,2-6,9,12,15H2,1H3. The Morgan fingerprint density at radius 1 is 1.09 bits per heavy atom. The molecule has 0 aliphatic rings. The van der Waals surface area contributed by atoms with E-state index < -0.39 is 0 Å². The Morgan fingerprint density at radius 3 is 2.57 bits per heavy atom. The van der Waals surface area contributed by atoms with Crippen molar-refractivity contribution in [2.45, 2.75) is 58.4 Å². The number of aldehydes is 1. The maximum absolute atomic E-state index is 11.3. The van der Waals surface area contributed by atoms with Gasteiger partial charge >= 0.3 is 0 Å². The first-order valence-corrected chi connectivity index (χ1v) is 9.26. The summed E-state index contributed by atoms with van der Waals surface area (Å²) in [6.45, 7) is 3.10. The molecule has 122 valence electrons. The molecule has 0 saturated carbocycles. The first-order valence-electron chi connectivity index (χ1n) is 8.47. The second-order valence-electron chi connectivity index (χ2n) is 5.76. The maximum atomic E-state index is 11.3. The third-order valence-corrected chi connectivity index (χ3v) is 4.88. The number of aromatic nitrogens is 1. The van der Waals surface area contributed by atoms with E-state index in [1.54, 1.807) is 0 Å². The number of hydrogen-bond acceptors (Lipinski definition) is 1. The SMILES string of the molecule is CCCCCCC#CCCCn1c(Br)c(C=O)c2ccccc21. The number of halogens is 1. The summed E-state index contributed by atoms with van der Waals surface area (Å²) < 4.78 is 3.04. The molecular weight excluding hydrogens is 350 g/mol. The highest BCUT2D eigenvalue weighted by Gasteiger charge is 2.13. The number of aryl methyl sites for hydroxylation is 1. The number of carbonyl (C=O) groups excluding carboxylic acids is 1. The third kappa shape index (κ3) is 4.72. The van der Waals surface area contributed by atoms with Crippen LogP contribution in [0.5, 0.6) is 0 Å². The summed E-state index contributed by atoms with van der Waals surface area (Å²) in [5, 5.41) is 1.01. The molecule has 0 saturated heterocycles. The lowest BCUT2D eigenvalue weighted by Crippen LogP contribution is -1.98. The van der Waals surface area contributed by atoms with Crippen LogP contribution >= 0.6 is 15.9 Å². The molecule has 0 atom stereocenters. The van der Waals surface area contributed by atoms with Crippen molar-refractivity contribution in [3.63, 3.8) is 0 Å². The van der Waals surface area contributed by atoms with Gasteiger partial charge in [0.1, 0.15) is 0 Å². The summed E-state index contributed by atoms with van der Waals surface area (Å²) in [7, 11) is 0. The Labute approximate surface area is 147 Å². The second-order valence-corrected chi connectivity index (χ2v) is 6.51. The van der Waals surface area contributed by atoms with Gasteiger partial charge in [-0.05, 0) is 34.8 Å². The molecule has 0 spiro atoms. The predicted octanol–water partition coefficient (Wildman–Crippen LogP) is 5.97. The van der Waals surface area contributed by atoms with Crippen molar-refractivity contribution in [2.75, 3.05) is 0 Å². The Hall–Kier alpha value is -1.53. The molecule has 23 heavy (non-hydrogen) atoms. The largest absolute Gasteiger partial charge is 0.335 e. The predicted molar refractivity (Wildman–Crippen MR) is 101 cm³/mol. The van der Waals surface area contributed by atoms with Gasteiger partial charge in [-0.15, -0.1) is 11.8 Å². The lowest BCUT2D eigenvalue weighted by molar-refractivity contribution is 0.112. The summed E-state index contributed by atoms with van der Waals surface area (Å²) in [6, 6.07) is 8.04. The molecule has 0 N–H and O–H groups in total. The fourth-order valence-corrected chi connectivity index (χ4v) is 3.45. The molecule has 0 unspecified atom stereocenters. The summed E-state index contributed by atoms with van der Waals surface area (Å²) in [6.07, 6.45) is 8.95. The van der Waals surface area contributed by atoms with Crippen LogP contribution in [0.4, 0.5) is 0 Å². The van der Waals surface area contributed by atoms with Gasteiger partial charge in [0, 0.05) is 30.3 Å². The Kier molecular flexibility index (Phi) is 7.42. The van der Waals surface area contributed by atoms with Crippen LogP contribution < -0.4 is 0 Å². The van der Waals surface area contributed by atoms with Crippen LogP contribution in [-0.2, 0) is 6.54 Å². The van der Waals surface area contributed by atoms with E-state index in [2.05, 4.69) is 45.3 Å². The lowest BCUT2D eigenvalue weighted by Gasteiger charge is -2.05. The quantitative estimate of drug-likeness (QED) is 0.317. The number of fused-ring (bicyclic) bond motifs is 1. The van der Waals surface area contributed by atoms with Gasteiger partial charge in [0.25, 0.3) is 0 Å². The molecule has 1 aromatic heterocycles. The Bertz CT molecular complexity index is 705. The molecule has 3 heteroatoms. The molecule has 1 aromatic carbocycles. The first kappa shape index (κ1) is 17.8. The van der Waals surface area contributed by atoms with E-state index in [-0.39, 0.29) is 0 Å². The normalized spacial score (nSPS) is 10.5. The first-order chi connectivity index (χ1) is 11.3. The van der Waals surface area contributed by atoms with E-state index in [9.17, 15) is 4.79 Å². The molecule has 0 amide bonds. The van der Waals surface area contributed by atoms with E-state index >= 15 is 0 Å². The minimum atomic E-state index is 0.739. The maximum Gasteiger partial charge on any atom is 0.153 e. The van der Waals surface area contributed by atoms with Crippen LogP contribution in [0.25, 0.3) is 10.9 Å². The molecule has 1 heterocycles. The number of benzene rings is 1. The van der Waals surface area contributed by atoms with E-state index in [0.717, 1.165) is 53.2 Å². The van der Waals surface area contributed by atoms with Crippen LogP contribution in [0.3, 0.4) is 0 Å². The van der Waals surface area contributed by atoms with Crippen molar-refractivity contribution >= 4 is 33.1 Å². The average molecular weight is 374 g/mol. The van der Waals surface area contributed by atoms with E-state index in [0.29, 0.717) is 0 Å². The lowest BCUT2D eigenvalue weighted by atomic mass is 10.1. The van der Waals surface area contributed by atoms with Crippen molar-refractivity contribution in [1.82, 2.24) is 4.57 Å².